The lowest BCUT2D eigenvalue weighted by atomic mass is 10.1. The van der Waals surface area contributed by atoms with E-state index < -0.39 is 39.8 Å². The van der Waals surface area contributed by atoms with E-state index in [1.54, 1.807) is 6.07 Å². The quantitative estimate of drug-likeness (QED) is 0.294. The van der Waals surface area contributed by atoms with Gasteiger partial charge < -0.3 is 9.84 Å². The summed E-state index contributed by atoms with van der Waals surface area (Å²) in [4.78, 5) is 29.9. The monoisotopic (exact) mass is 549 g/mol. The fraction of sp³-hybridized carbons (Fsp3) is 0.160. The molecular weight excluding hydrogens is 531 g/mol. The Labute approximate surface area is 218 Å². The van der Waals surface area contributed by atoms with E-state index >= 15 is 0 Å². The van der Waals surface area contributed by atoms with Crippen molar-refractivity contribution in [3.05, 3.63) is 109 Å². The Kier molecular flexibility index (Phi) is 7.84. The van der Waals surface area contributed by atoms with Gasteiger partial charge in [-0.25, -0.2) is 18.0 Å². The molecule has 0 unspecified atom stereocenters. The maximum atomic E-state index is 14.3. The number of halogens is 4. The zero-order valence-corrected chi connectivity index (χ0v) is 20.8. The van der Waals surface area contributed by atoms with Crippen LogP contribution >= 0.6 is 22.9 Å². The van der Waals surface area contributed by atoms with Crippen molar-refractivity contribution >= 4 is 29.0 Å². The third kappa shape index (κ3) is 5.78. The van der Waals surface area contributed by atoms with Gasteiger partial charge in [0.2, 0.25) is 5.88 Å². The molecule has 0 spiro atoms. The third-order valence-electron chi connectivity index (χ3n) is 5.44. The molecule has 0 bridgehead atoms. The van der Waals surface area contributed by atoms with Crippen molar-refractivity contribution in [3.63, 3.8) is 0 Å². The standard InChI is InChI=1S/C25H19ClF3N3O4S/c1-14-30-23(21(26)24(33)32(14)22-19(28)3-2-4-20(22)29)36-12-16-5-6-18(27)9-17(16)11-31(25(34)35)10-15-7-8-37-13-15/h2-9,13H,10-12H2,1H3,(H,34,35). The molecule has 4 aromatic rings. The topological polar surface area (TPSA) is 84.7 Å². The molecule has 192 valence electrons. The first-order valence-electron chi connectivity index (χ1n) is 10.8. The van der Waals surface area contributed by atoms with Crippen LogP contribution in [0.5, 0.6) is 5.88 Å². The summed E-state index contributed by atoms with van der Waals surface area (Å²) in [6, 6.07) is 8.75. The van der Waals surface area contributed by atoms with Crippen LogP contribution in [-0.2, 0) is 19.7 Å². The van der Waals surface area contributed by atoms with Crippen LogP contribution in [-0.4, -0.2) is 25.7 Å². The Hall–Kier alpha value is -3.83. The van der Waals surface area contributed by atoms with E-state index in [4.69, 9.17) is 16.3 Å². The van der Waals surface area contributed by atoms with E-state index in [0.29, 0.717) is 15.7 Å². The minimum Gasteiger partial charge on any atom is -0.472 e. The fourth-order valence-electron chi connectivity index (χ4n) is 3.67. The Balaban J connectivity index is 1.61. The van der Waals surface area contributed by atoms with Crippen molar-refractivity contribution in [1.29, 1.82) is 0 Å². The summed E-state index contributed by atoms with van der Waals surface area (Å²) in [6.45, 7) is 1.10. The first-order valence-corrected chi connectivity index (χ1v) is 12.1. The number of ether oxygens (including phenoxy) is 1. The maximum Gasteiger partial charge on any atom is 0.407 e. The molecule has 0 aliphatic heterocycles. The molecule has 4 rings (SSSR count). The first-order chi connectivity index (χ1) is 17.7. The highest BCUT2D eigenvalue weighted by Gasteiger charge is 2.21. The summed E-state index contributed by atoms with van der Waals surface area (Å²) in [5, 5.41) is 12.8. The molecule has 7 nitrogen and oxygen atoms in total. The van der Waals surface area contributed by atoms with Gasteiger partial charge >= 0.3 is 6.09 Å². The number of hydrogen-bond acceptors (Lipinski definition) is 5. The number of hydrogen-bond donors (Lipinski definition) is 1. The van der Waals surface area contributed by atoms with Crippen molar-refractivity contribution in [2.24, 2.45) is 0 Å². The number of benzene rings is 2. The first kappa shape index (κ1) is 26.2. The van der Waals surface area contributed by atoms with E-state index in [9.17, 15) is 27.9 Å². The van der Waals surface area contributed by atoms with Crippen molar-refractivity contribution in [2.45, 2.75) is 26.6 Å². The fourth-order valence-corrected chi connectivity index (χ4v) is 4.51. The highest BCUT2D eigenvalue weighted by atomic mass is 35.5. The Morgan fingerprint density at radius 3 is 2.51 bits per heavy atom. The Bertz CT molecular complexity index is 1490. The number of carbonyl (C=O) groups is 1. The smallest absolute Gasteiger partial charge is 0.407 e. The minimum atomic E-state index is -1.19. The minimum absolute atomic E-state index is 0.0828. The van der Waals surface area contributed by atoms with Crippen LogP contribution in [0.15, 0.2) is 58.0 Å². The second kappa shape index (κ2) is 11.1. The lowest BCUT2D eigenvalue weighted by Gasteiger charge is -2.21. The van der Waals surface area contributed by atoms with Gasteiger partial charge in [-0.05, 0) is 64.7 Å². The molecule has 12 heteroatoms. The van der Waals surface area contributed by atoms with Crippen LogP contribution in [0.4, 0.5) is 18.0 Å². The SMILES string of the molecule is Cc1nc(OCc2ccc(F)cc2CN(Cc2ccsc2)C(=O)O)c(Cl)c(=O)n1-c1c(F)cccc1F. The van der Waals surface area contributed by atoms with E-state index in [2.05, 4.69) is 4.98 Å². The van der Waals surface area contributed by atoms with Gasteiger partial charge in [0.1, 0.15) is 35.6 Å². The molecule has 0 atom stereocenters. The van der Waals surface area contributed by atoms with Gasteiger partial charge in [-0.2, -0.15) is 16.3 Å². The molecule has 2 aromatic carbocycles. The van der Waals surface area contributed by atoms with Gasteiger partial charge in [-0.15, -0.1) is 0 Å². The lowest BCUT2D eigenvalue weighted by Crippen LogP contribution is -2.29. The molecule has 1 N–H and O–H groups in total. The third-order valence-corrected chi connectivity index (χ3v) is 6.50. The summed E-state index contributed by atoms with van der Waals surface area (Å²) in [6.07, 6.45) is -1.19. The molecule has 0 saturated carbocycles. The molecule has 0 radical (unpaired) electrons. The average molecular weight is 550 g/mol. The second-order valence-corrected chi connectivity index (χ2v) is 9.12. The van der Waals surface area contributed by atoms with Crippen LogP contribution in [0, 0.1) is 24.4 Å². The van der Waals surface area contributed by atoms with Crippen molar-refractivity contribution in [1.82, 2.24) is 14.5 Å². The molecule has 0 aliphatic carbocycles. The van der Waals surface area contributed by atoms with Crippen molar-refractivity contribution in [2.75, 3.05) is 0 Å². The summed E-state index contributed by atoms with van der Waals surface area (Å²) >= 11 is 7.58. The van der Waals surface area contributed by atoms with E-state index in [1.165, 1.54) is 36.5 Å². The van der Waals surface area contributed by atoms with E-state index in [0.717, 1.165) is 28.7 Å². The number of para-hydroxylation sites is 1. The van der Waals surface area contributed by atoms with Gasteiger partial charge in [0.25, 0.3) is 5.56 Å². The van der Waals surface area contributed by atoms with Crippen LogP contribution < -0.4 is 10.3 Å². The molecule has 0 aliphatic rings. The number of rotatable bonds is 8. The lowest BCUT2D eigenvalue weighted by molar-refractivity contribution is 0.139. The van der Waals surface area contributed by atoms with Gasteiger partial charge in [-0.1, -0.05) is 23.7 Å². The summed E-state index contributed by atoms with van der Waals surface area (Å²) < 4.78 is 48.9. The highest BCUT2D eigenvalue weighted by Crippen LogP contribution is 2.25. The molecule has 37 heavy (non-hydrogen) atoms. The van der Waals surface area contributed by atoms with E-state index in [-0.39, 0.29) is 31.4 Å². The zero-order valence-electron chi connectivity index (χ0n) is 19.3. The van der Waals surface area contributed by atoms with E-state index in [1.807, 2.05) is 10.8 Å². The molecule has 1 amide bonds. The number of aryl methyl sites for hydroxylation is 1. The molecular formula is C25H19ClF3N3O4S. The molecule has 0 saturated heterocycles. The van der Waals surface area contributed by atoms with Crippen molar-refractivity contribution < 1.29 is 27.8 Å². The normalized spacial score (nSPS) is 10.9. The van der Waals surface area contributed by atoms with Crippen LogP contribution in [0.2, 0.25) is 5.02 Å². The van der Waals surface area contributed by atoms with Gasteiger partial charge in [-0.3, -0.25) is 14.3 Å². The molecule has 0 fully saturated rings. The Morgan fingerprint density at radius 2 is 1.86 bits per heavy atom. The van der Waals surface area contributed by atoms with Crippen LogP contribution in [0.25, 0.3) is 5.69 Å². The molecule has 2 aromatic heterocycles. The number of nitrogens with zero attached hydrogens (tertiary/aromatic N) is 3. The predicted octanol–water partition coefficient (Wildman–Crippen LogP) is 5.93. The molecule has 2 heterocycles. The van der Waals surface area contributed by atoms with Crippen LogP contribution in [0.3, 0.4) is 0 Å². The summed E-state index contributed by atoms with van der Waals surface area (Å²) in [7, 11) is 0. The number of amides is 1. The largest absolute Gasteiger partial charge is 0.472 e. The highest BCUT2D eigenvalue weighted by molar-refractivity contribution is 7.07. The van der Waals surface area contributed by atoms with Gasteiger partial charge in [0.15, 0.2) is 5.02 Å². The van der Waals surface area contributed by atoms with Gasteiger partial charge in [0, 0.05) is 6.54 Å². The maximum absolute atomic E-state index is 14.3. The number of aromatic nitrogens is 2. The van der Waals surface area contributed by atoms with Crippen LogP contribution in [0.1, 0.15) is 22.5 Å². The second-order valence-electron chi connectivity index (χ2n) is 7.96. The average Bonchev–Trinajstić information content (AvgIpc) is 3.36. The number of thiophene rings is 1. The number of carboxylic acid groups (broad SMARTS) is 1. The summed E-state index contributed by atoms with van der Waals surface area (Å²) in [5.74, 6) is -2.89. The zero-order chi connectivity index (χ0) is 26.7. The summed E-state index contributed by atoms with van der Waals surface area (Å²) in [5.41, 5.74) is -0.00330. The predicted molar refractivity (Wildman–Crippen MR) is 132 cm³/mol. The van der Waals surface area contributed by atoms with Crippen molar-refractivity contribution in [3.8, 4) is 11.6 Å². The van der Waals surface area contributed by atoms with Gasteiger partial charge in [0.05, 0.1) is 6.54 Å². The Morgan fingerprint density at radius 1 is 1.14 bits per heavy atom.